The van der Waals surface area contributed by atoms with E-state index in [4.69, 9.17) is 11.6 Å². The van der Waals surface area contributed by atoms with Crippen LogP contribution in [0.4, 0.5) is 0 Å². The van der Waals surface area contributed by atoms with E-state index in [9.17, 15) is 0 Å². The SMILES string of the molecule is Clc1ccccc1C1(C2CCNCC2)CC1. The van der Waals surface area contributed by atoms with Crippen molar-refractivity contribution in [2.24, 2.45) is 5.92 Å². The van der Waals surface area contributed by atoms with Gasteiger partial charge in [-0.05, 0) is 61.7 Å². The second kappa shape index (κ2) is 4.05. The van der Waals surface area contributed by atoms with Gasteiger partial charge in [0, 0.05) is 5.02 Å². The maximum absolute atomic E-state index is 6.35. The van der Waals surface area contributed by atoms with Crippen LogP contribution in [0.5, 0.6) is 0 Å². The van der Waals surface area contributed by atoms with Crippen LogP contribution in [0.3, 0.4) is 0 Å². The van der Waals surface area contributed by atoms with Gasteiger partial charge in [0.15, 0.2) is 0 Å². The van der Waals surface area contributed by atoms with Crippen molar-refractivity contribution in [3.05, 3.63) is 34.9 Å². The lowest BCUT2D eigenvalue weighted by atomic mass is 9.77. The zero-order chi connectivity index (χ0) is 11.0. The Labute approximate surface area is 102 Å². The number of piperidine rings is 1. The van der Waals surface area contributed by atoms with Gasteiger partial charge in [0.25, 0.3) is 0 Å². The monoisotopic (exact) mass is 235 g/mol. The molecule has 0 spiro atoms. The maximum Gasteiger partial charge on any atom is 0.0443 e. The van der Waals surface area contributed by atoms with Crippen molar-refractivity contribution in [3.63, 3.8) is 0 Å². The van der Waals surface area contributed by atoms with Gasteiger partial charge in [-0.1, -0.05) is 29.8 Å². The highest BCUT2D eigenvalue weighted by molar-refractivity contribution is 6.31. The van der Waals surface area contributed by atoms with Gasteiger partial charge < -0.3 is 5.32 Å². The molecule has 0 atom stereocenters. The Morgan fingerprint density at radius 3 is 2.44 bits per heavy atom. The van der Waals surface area contributed by atoms with Crippen molar-refractivity contribution in [2.75, 3.05) is 13.1 Å². The van der Waals surface area contributed by atoms with Gasteiger partial charge in [0.2, 0.25) is 0 Å². The van der Waals surface area contributed by atoms with Crippen LogP contribution in [0.25, 0.3) is 0 Å². The third-order valence-electron chi connectivity index (χ3n) is 4.32. The summed E-state index contributed by atoms with van der Waals surface area (Å²) in [5.41, 5.74) is 1.84. The summed E-state index contributed by atoms with van der Waals surface area (Å²) in [5.74, 6) is 0.841. The topological polar surface area (TPSA) is 12.0 Å². The molecule has 1 saturated heterocycles. The van der Waals surface area contributed by atoms with Crippen LogP contribution in [0, 0.1) is 5.92 Å². The van der Waals surface area contributed by atoms with Gasteiger partial charge in [-0.3, -0.25) is 0 Å². The number of hydrogen-bond donors (Lipinski definition) is 1. The largest absolute Gasteiger partial charge is 0.317 e. The number of hydrogen-bond acceptors (Lipinski definition) is 1. The molecule has 1 N–H and O–H groups in total. The summed E-state index contributed by atoms with van der Waals surface area (Å²) in [4.78, 5) is 0. The molecular formula is C14H18ClN. The van der Waals surface area contributed by atoms with Gasteiger partial charge in [-0.25, -0.2) is 0 Å². The molecule has 0 amide bonds. The van der Waals surface area contributed by atoms with E-state index in [0.29, 0.717) is 5.41 Å². The Balaban J connectivity index is 1.90. The van der Waals surface area contributed by atoms with E-state index in [1.807, 2.05) is 12.1 Å². The summed E-state index contributed by atoms with van der Waals surface area (Å²) in [7, 11) is 0. The van der Waals surface area contributed by atoms with Gasteiger partial charge in [-0.2, -0.15) is 0 Å². The molecule has 0 unspecified atom stereocenters. The maximum atomic E-state index is 6.35. The normalized spacial score (nSPS) is 24.3. The number of rotatable bonds is 2. The van der Waals surface area contributed by atoms with Crippen LogP contribution in [0.15, 0.2) is 24.3 Å². The molecule has 3 rings (SSSR count). The molecule has 1 nitrogen and oxygen atoms in total. The van der Waals surface area contributed by atoms with E-state index in [-0.39, 0.29) is 0 Å². The van der Waals surface area contributed by atoms with Crippen molar-refractivity contribution in [2.45, 2.75) is 31.1 Å². The Morgan fingerprint density at radius 2 is 1.81 bits per heavy atom. The molecule has 2 heteroatoms. The standard InChI is InChI=1S/C14H18ClN/c15-13-4-2-1-3-12(13)14(7-8-14)11-5-9-16-10-6-11/h1-4,11,16H,5-10H2. The summed E-state index contributed by atoms with van der Waals surface area (Å²) in [6.45, 7) is 2.35. The minimum Gasteiger partial charge on any atom is -0.317 e. The first-order chi connectivity index (χ1) is 7.83. The molecule has 2 aliphatic rings. The molecule has 1 aliphatic heterocycles. The third-order valence-corrected chi connectivity index (χ3v) is 4.65. The summed E-state index contributed by atoms with van der Waals surface area (Å²) in [6.07, 6.45) is 5.29. The zero-order valence-corrected chi connectivity index (χ0v) is 10.3. The molecule has 1 saturated carbocycles. The minimum atomic E-state index is 0.431. The smallest absolute Gasteiger partial charge is 0.0443 e. The Bertz CT molecular complexity index is 378. The average molecular weight is 236 g/mol. The number of nitrogens with one attached hydrogen (secondary N) is 1. The summed E-state index contributed by atoms with van der Waals surface area (Å²) >= 11 is 6.35. The number of benzene rings is 1. The zero-order valence-electron chi connectivity index (χ0n) is 9.51. The second-order valence-corrected chi connectivity index (χ2v) is 5.57. The molecule has 1 heterocycles. The van der Waals surface area contributed by atoms with Crippen molar-refractivity contribution >= 4 is 11.6 Å². The van der Waals surface area contributed by atoms with Crippen LogP contribution in [-0.4, -0.2) is 13.1 Å². The molecule has 0 radical (unpaired) electrons. The highest BCUT2D eigenvalue weighted by atomic mass is 35.5. The molecular weight excluding hydrogens is 218 g/mol. The number of halogens is 1. The fourth-order valence-corrected chi connectivity index (χ4v) is 3.60. The third kappa shape index (κ3) is 1.66. The highest BCUT2D eigenvalue weighted by Gasteiger charge is 2.51. The van der Waals surface area contributed by atoms with Crippen molar-refractivity contribution < 1.29 is 0 Å². The first-order valence-electron chi connectivity index (χ1n) is 6.29. The Morgan fingerprint density at radius 1 is 1.12 bits per heavy atom. The first-order valence-corrected chi connectivity index (χ1v) is 6.66. The van der Waals surface area contributed by atoms with Gasteiger partial charge in [-0.15, -0.1) is 0 Å². The first kappa shape index (κ1) is 10.6. The fourth-order valence-electron chi connectivity index (χ4n) is 3.27. The lowest BCUT2D eigenvalue weighted by Gasteiger charge is -2.31. The molecule has 2 fully saturated rings. The molecule has 86 valence electrons. The van der Waals surface area contributed by atoms with E-state index in [0.717, 1.165) is 10.9 Å². The van der Waals surface area contributed by atoms with Crippen molar-refractivity contribution in [1.29, 1.82) is 0 Å². The van der Waals surface area contributed by atoms with Crippen LogP contribution in [-0.2, 0) is 5.41 Å². The van der Waals surface area contributed by atoms with Crippen molar-refractivity contribution in [1.82, 2.24) is 5.32 Å². The van der Waals surface area contributed by atoms with Gasteiger partial charge in [0.1, 0.15) is 0 Å². The quantitative estimate of drug-likeness (QED) is 0.829. The van der Waals surface area contributed by atoms with Gasteiger partial charge in [0.05, 0.1) is 0 Å². The lowest BCUT2D eigenvalue weighted by Crippen LogP contribution is -2.34. The van der Waals surface area contributed by atoms with Crippen LogP contribution < -0.4 is 5.32 Å². The van der Waals surface area contributed by atoms with E-state index in [2.05, 4.69) is 17.4 Å². The predicted octanol–water partition coefficient (Wildman–Crippen LogP) is 3.37. The summed E-state index contributed by atoms with van der Waals surface area (Å²) in [5, 5.41) is 4.42. The molecule has 16 heavy (non-hydrogen) atoms. The van der Waals surface area contributed by atoms with E-state index < -0.39 is 0 Å². The molecule has 0 bridgehead atoms. The average Bonchev–Trinajstić information content (AvgIpc) is 3.12. The minimum absolute atomic E-state index is 0.431. The fraction of sp³-hybridized carbons (Fsp3) is 0.571. The predicted molar refractivity (Wildman–Crippen MR) is 68.0 cm³/mol. The molecule has 0 aromatic heterocycles. The molecule has 1 aromatic carbocycles. The molecule has 1 aliphatic carbocycles. The summed E-state index contributed by atoms with van der Waals surface area (Å²) < 4.78 is 0. The summed E-state index contributed by atoms with van der Waals surface area (Å²) in [6, 6.07) is 8.43. The van der Waals surface area contributed by atoms with Gasteiger partial charge >= 0.3 is 0 Å². The Hall–Kier alpha value is -0.530. The van der Waals surface area contributed by atoms with Crippen LogP contribution in [0.2, 0.25) is 5.02 Å². The Kier molecular flexibility index (Phi) is 2.68. The van der Waals surface area contributed by atoms with E-state index >= 15 is 0 Å². The lowest BCUT2D eigenvalue weighted by molar-refractivity contribution is 0.303. The highest BCUT2D eigenvalue weighted by Crippen LogP contribution is 2.57. The second-order valence-electron chi connectivity index (χ2n) is 5.16. The van der Waals surface area contributed by atoms with Crippen molar-refractivity contribution in [3.8, 4) is 0 Å². The van der Waals surface area contributed by atoms with Crippen LogP contribution >= 0.6 is 11.6 Å². The molecule has 1 aromatic rings. The van der Waals surface area contributed by atoms with E-state index in [1.54, 1.807) is 0 Å². The van der Waals surface area contributed by atoms with Crippen LogP contribution in [0.1, 0.15) is 31.2 Å². The van der Waals surface area contributed by atoms with E-state index in [1.165, 1.54) is 44.3 Å².